The third kappa shape index (κ3) is 3.95. The molecule has 1 amide bonds. The number of aromatic nitrogens is 2. The molecule has 0 aliphatic carbocycles. The van der Waals surface area contributed by atoms with Gasteiger partial charge in [0, 0.05) is 16.4 Å². The zero-order valence-corrected chi connectivity index (χ0v) is 12.8. The second kappa shape index (κ2) is 6.72. The van der Waals surface area contributed by atoms with Crippen LogP contribution in [0.25, 0.3) is 0 Å². The van der Waals surface area contributed by atoms with Crippen LogP contribution < -0.4 is 5.32 Å². The number of hydrogen-bond acceptors (Lipinski definition) is 4. The fraction of sp³-hybridized carbons (Fsp3) is 0.214. The number of halogens is 1. The Balaban J connectivity index is 2.18. The van der Waals surface area contributed by atoms with Crippen molar-refractivity contribution in [2.75, 3.05) is 11.1 Å². The molecule has 104 valence electrons. The predicted octanol–water partition coefficient (Wildman–Crippen LogP) is 3.80. The van der Waals surface area contributed by atoms with Crippen molar-refractivity contribution in [3.8, 4) is 0 Å². The first-order valence-corrected chi connectivity index (χ1v) is 7.50. The number of amides is 1. The van der Waals surface area contributed by atoms with Crippen LogP contribution in [-0.2, 0) is 0 Å². The second-order valence-electron chi connectivity index (χ2n) is 4.07. The van der Waals surface area contributed by atoms with E-state index in [1.807, 2.05) is 13.8 Å². The SMILES string of the molecule is CCSc1nc(C)cc(C(=O)Nc2ccc(Cl)cc2)n1. The molecule has 0 saturated carbocycles. The topological polar surface area (TPSA) is 54.9 Å². The molecule has 0 spiro atoms. The van der Waals surface area contributed by atoms with Crippen molar-refractivity contribution in [2.45, 2.75) is 19.0 Å². The summed E-state index contributed by atoms with van der Waals surface area (Å²) in [5, 5.41) is 4.03. The number of hydrogen-bond donors (Lipinski definition) is 1. The second-order valence-corrected chi connectivity index (χ2v) is 5.74. The van der Waals surface area contributed by atoms with E-state index in [9.17, 15) is 4.79 Å². The lowest BCUT2D eigenvalue weighted by Crippen LogP contribution is -2.14. The smallest absolute Gasteiger partial charge is 0.274 e. The van der Waals surface area contributed by atoms with Gasteiger partial charge >= 0.3 is 0 Å². The van der Waals surface area contributed by atoms with Gasteiger partial charge in [0.1, 0.15) is 5.69 Å². The number of anilines is 1. The highest BCUT2D eigenvalue weighted by Gasteiger charge is 2.11. The van der Waals surface area contributed by atoms with Crippen molar-refractivity contribution >= 4 is 35.0 Å². The quantitative estimate of drug-likeness (QED) is 0.689. The highest BCUT2D eigenvalue weighted by molar-refractivity contribution is 7.99. The van der Waals surface area contributed by atoms with Gasteiger partial charge in [0.25, 0.3) is 5.91 Å². The monoisotopic (exact) mass is 307 g/mol. The van der Waals surface area contributed by atoms with Crippen LogP contribution in [0.1, 0.15) is 23.1 Å². The Morgan fingerprint density at radius 2 is 2.00 bits per heavy atom. The first-order chi connectivity index (χ1) is 9.58. The number of benzene rings is 1. The average molecular weight is 308 g/mol. The summed E-state index contributed by atoms with van der Waals surface area (Å²) in [5.74, 6) is 0.609. The molecule has 2 aromatic rings. The minimum absolute atomic E-state index is 0.254. The van der Waals surface area contributed by atoms with Crippen LogP contribution in [0.4, 0.5) is 5.69 Å². The minimum Gasteiger partial charge on any atom is -0.321 e. The van der Waals surface area contributed by atoms with Gasteiger partial charge in [0.2, 0.25) is 0 Å². The van der Waals surface area contributed by atoms with Gasteiger partial charge in [-0.3, -0.25) is 4.79 Å². The summed E-state index contributed by atoms with van der Waals surface area (Å²) in [6, 6.07) is 8.61. The van der Waals surface area contributed by atoms with Crippen LogP contribution >= 0.6 is 23.4 Å². The van der Waals surface area contributed by atoms with E-state index in [0.29, 0.717) is 21.6 Å². The van der Waals surface area contributed by atoms with E-state index in [-0.39, 0.29) is 5.91 Å². The Morgan fingerprint density at radius 1 is 1.30 bits per heavy atom. The minimum atomic E-state index is -0.254. The normalized spacial score (nSPS) is 10.3. The molecule has 1 aromatic carbocycles. The van der Waals surface area contributed by atoms with Crippen molar-refractivity contribution < 1.29 is 4.79 Å². The first-order valence-electron chi connectivity index (χ1n) is 6.14. The number of nitrogens with zero attached hydrogens (tertiary/aromatic N) is 2. The summed E-state index contributed by atoms with van der Waals surface area (Å²) >= 11 is 7.32. The molecule has 0 unspecified atom stereocenters. The van der Waals surface area contributed by atoms with Crippen molar-refractivity contribution in [2.24, 2.45) is 0 Å². The molecule has 0 radical (unpaired) electrons. The van der Waals surface area contributed by atoms with Crippen LogP contribution in [0.15, 0.2) is 35.5 Å². The molecule has 1 N–H and O–H groups in total. The van der Waals surface area contributed by atoms with Crippen LogP contribution in [0.3, 0.4) is 0 Å². The van der Waals surface area contributed by atoms with E-state index in [0.717, 1.165) is 11.4 Å². The van der Waals surface area contributed by atoms with Gasteiger partial charge in [0.05, 0.1) is 0 Å². The number of nitrogens with one attached hydrogen (secondary N) is 1. The standard InChI is InChI=1S/C14H14ClN3OS/c1-3-20-14-16-9(2)8-12(18-14)13(19)17-11-6-4-10(15)5-7-11/h4-8H,3H2,1-2H3,(H,17,19). The van der Waals surface area contributed by atoms with Gasteiger partial charge in [-0.1, -0.05) is 30.3 Å². The summed E-state index contributed by atoms with van der Waals surface area (Å²) < 4.78 is 0. The van der Waals surface area contributed by atoms with Gasteiger partial charge in [-0.15, -0.1) is 0 Å². The van der Waals surface area contributed by atoms with Gasteiger partial charge in [-0.25, -0.2) is 9.97 Å². The van der Waals surface area contributed by atoms with Crippen LogP contribution in [0.2, 0.25) is 5.02 Å². The van der Waals surface area contributed by atoms with E-state index < -0.39 is 0 Å². The van der Waals surface area contributed by atoms with Crippen LogP contribution in [-0.4, -0.2) is 21.6 Å². The maximum atomic E-state index is 12.2. The number of carbonyl (C=O) groups is 1. The Labute approximate surface area is 127 Å². The lowest BCUT2D eigenvalue weighted by atomic mass is 10.3. The Morgan fingerprint density at radius 3 is 2.65 bits per heavy atom. The molecule has 0 fully saturated rings. The number of rotatable bonds is 4. The molecule has 0 bridgehead atoms. The number of aryl methyl sites for hydroxylation is 1. The fourth-order valence-corrected chi connectivity index (χ4v) is 2.34. The molecule has 1 aromatic heterocycles. The van der Waals surface area contributed by atoms with Gasteiger partial charge in [0.15, 0.2) is 5.16 Å². The molecular weight excluding hydrogens is 294 g/mol. The zero-order valence-electron chi connectivity index (χ0n) is 11.2. The maximum Gasteiger partial charge on any atom is 0.274 e. The number of carbonyl (C=O) groups excluding carboxylic acids is 1. The third-order valence-corrected chi connectivity index (χ3v) is 3.42. The third-order valence-electron chi connectivity index (χ3n) is 2.44. The summed E-state index contributed by atoms with van der Waals surface area (Å²) in [7, 11) is 0. The zero-order chi connectivity index (χ0) is 14.5. The van der Waals surface area contributed by atoms with Crippen molar-refractivity contribution in [3.63, 3.8) is 0 Å². The fourth-order valence-electron chi connectivity index (χ4n) is 1.58. The Hall–Kier alpha value is -1.59. The predicted molar refractivity (Wildman–Crippen MR) is 82.6 cm³/mol. The van der Waals surface area contributed by atoms with E-state index in [1.54, 1.807) is 30.3 Å². The van der Waals surface area contributed by atoms with E-state index in [2.05, 4.69) is 15.3 Å². The highest BCUT2D eigenvalue weighted by atomic mass is 35.5. The molecule has 20 heavy (non-hydrogen) atoms. The summed E-state index contributed by atoms with van der Waals surface area (Å²) in [6.07, 6.45) is 0. The molecule has 0 atom stereocenters. The lowest BCUT2D eigenvalue weighted by Gasteiger charge is -2.06. The maximum absolute atomic E-state index is 12.2. The van der Waals surface area contributed by atoms with Gasteiger partial charge in [-0.05, 0) is 43.0 Å². The Kier molecular flexibility index (Phi) is 4.98. The van der Waals surface area contributed by atoms with Crippen molar-refractivity contribution in [1.29, 1.82) is 0 Å². The molecule has 0 aliphatic heterocycles. The molecule has 0 aliphatic rings. The molecule has 4 nitrogen and oxygen atoms in total. The number of thioether (sulfide) groups is 1. The van der Waals surface area contributed by atoms with Crippen molar-refractivity contribution in [3.05, 3.63) is 46.7 Å². The molecular formula is C14H14ClN3OS. The van der Waals surface area contributed by atoms with E-state index in [1.165, 1.54) is 11.8 Å². The van der Waals surface area contributed by atoms with E-state index >= 15 is 0 Å². The van der Waals surface area contributed by atoms with E-state index in [4.69, 9.17) is 11.6 Å². The first kappa shape index (κ1) is 14.8. The molecule has 0 saturated heterocycles. The summed E-state index contributed by atoms with van der Waals surface area (Å²) in [6.45, 7) is 3.87. The van der Waals surface area contributed by atoms with Crippen LogP contribution in [0, 0.1) is 6.92 Å². The molecule has 1 heterocycles. The highest BCUT2D eigenvalue weighted by Crippen LogP contribution is 2.16. The van der Waals surface area contributed by atoms with Gasteiger partial charge < -0.3 is 5.32 Å². The largest absolute Gasteiger partial charge is 0.321 e. The Bertz CT molecular complexity index is 616. The van der Waals surface area contributed by atoms with Gasteiger partial charge in [-0.2, -0.15) is 0 Å². The molecule has 2 rings (SSSR count). The van der Waals surface area contributed by atoms with Crippen LogP contribution in [0.5, 0.6) is 0 Å². The molecule has 6 heteroatoms. The van der Waals surface area contributed by atoms with Crippen molar-refractivity contribution in [1.82, 2.24) is 9.97 Å². The summed E-state index contributed by atoms with van der Waals surface area (Å²) in [4.78, 5) is 20.7. The lowest BCUT2D eigenvalue weighted by molar-refractivity contribution is 0.102. The summed E-state index contributed by atoms with van der Waals surface area (Å²) in [5.41, 5.74) is 1.82. The average Bonchev–Trinajstić information content (AvgIpc) is 2.41.